The number of fused-ring (bicyclic) bond motifs is 1. The van der Waals surface area contributed by atoms with Crippen molar-refractivity contribution in [2.45, 2.75) is 70.1 Å². The number of ether oxygens (including phenoxy) is 3. The fraction of sp³-hybridized carbons (Fsp3) is 0.415. The van der Waals surface area contributed by atoms with E-state index in [1.54, 1.807) is 69.4 Å². The lowest BCUT2D eigenvalue weighted by molar-refractivity contribution is -0.148. The maximum absolute atomic E-state index is 15.2. The summed E-state index contributed by atoms with van der Waals surface area (Å²) in [5.41, 5.74) is 4.09. The fourth-order valence-electron chi connectivity index (χ4n) is 9.84. The number of imidazole rings is 1. The van der Waals surface area contributed by atoms with Gasteiger partial charge in [0.1, 0.15) is 17.3 Å². The van der Waals surface area contributed by atoms with Gasteiger partial charge >= 0.3 is 0 Å². The van der Waals surface area contributed by atoms with Crippen molar-refractivity contribution in [2.75, 3.05) is 54.1 Å². The van der Waals surface area contributed by atoms with E-state index in [9.17, 15) is 14.7 Å². The van der Waals surface area contributed by atoms with Crippen LogP contribution in [0.5, 0.6) is 23.0 Å². The largest absolute Gasteiger partial charge is 0.493 e. The van der Waals surface area contributed by atoms with Crippen LogP contribution >= 0.6 is 35.6 Å². The number of hydrogen-bond acceptors (Lipinski definition) is 10. The van der Waals surface area contributed by atoms with Crippen LogP contribution in [0.1, 0.15) is 61.0 Å². The van der Waals surface area contributed by atoms with Gasteiger partial charge in [-0.2, -0.15) is 0 Å². The molecule has 5 atom stereocenters. The minimum absolute atomic E-state index is 0. The summed E-state index contributed by atoms with van der Waals surface area (Å²) in [5.74, 6) is -1.39. The van der Waals surface area contributed by atoms with Gasteiger partial charge < -0.3 is 38.6 Å². The van der Waals surface area contributed by atoms with Gasteiger partial charge in [-0.3, -0.25) is 24.1 Å². The Balaban J connectivity index is 0.00000722. The van der Waals surface area contributed by atoms with Crippen molar-refractivity contribution in [1.29, 1.82) is 0 Å². The van der Waals surface area contributed by atoms with Crippen LogP contribution in [-0.2, 0) is 45.7 Å². The molecular formula is C53H61Cl3N6O8. The summed E-state index contributed by atoms with van der Waals surface area (Å²) < 4.78 is 20.4. The molecule has 0 aliphatic carbocycles. The summed E-state index contributed by atoms with van der Waals surface area (Å²) in [4.78, 5) is 70.7. The highest BCUT2D eigenvalue weighted by atomic mass is 35.5. The second-order valence-electron chi connectivity index (χ2n) is 18.5. The van der Waals surface area contributed by atoms with Gasteiger partial charge in [-0.1, -0.05) is 53.5 Å². The number of para-hydroxylation sites is 1. The normalized spacial score (nSPS) is 21.6. The van der Waals surface area contributed by atoms with Crippen LogP contribution < -0.4 is 14.2 Å². The number of halogens is 3. The molecule has 17 heteroatoms. The van der Waals surface area contributed by atoms with E-state index < -0.39 is 54.0 Å². The molecule has 4 heterocycles. The van der Waals surface area contributed by atoms with Crippen molar-refractivity contribution < 1.29 is 38.5 Å². The van der Waals surface area contributed by atoms with Crippen LogP contribution in [-0.4, -0.2) is 124 Å². The topological polar surface area (TPSA) is 147 Å². The maximum atomic E-state index is 15.2. The van der Waals surface area contributed by atoms with Crippen LogP contribution in [0, 0.1) is 11.8 Å². The first-order valence-corrected chi connectivity index (χ1v) is 24.3. The first-order chi connectivity index (χ1) is 33.2. The van der Waals surface area contributed by atoms with E-state index >= 15 is 9.59 Å². The van der Waals surface area contributed by atoms with Crippen molar-refractivity contribution >= 4 is 59.1 Å². The molecular weight excluding hydrogens is 955 g/mol. The lowest BCUT2D eigenvalue weighted by atomic mass is 9.83. The number of hydrogen-bond donors (Lipinski definition) is 1. The number of Topliss-reactive ketones (excluding diaryl/α,β-unsaturated/α-hetero) is 1. The molecule has 0 unspecified atom stereocenters. The molecule has 0 radical (unpaired) electrons. The molecule has 5 aromatic rings. The molecule has 70 heavy (non-hydrogen) atoms. The monoisotopic (exact) mass is 1010 g/mol. The zero-order chi connectivity index (χ0) is 48.9. The Kier molecular flexibility index (Phi) is 17.2. The number of ketones is 1. The van der Waals surface area contributed by atoms with E-state index in [0.29, 0.717) is 45.0 Å². The predicted molar refractivity (Wildman–Crippen MR) is 271 cm³/mol. The highest BCUT2D eigenvalue weighted by molar-refractivity contribution is 6.31. The molecule has 1 aromatic heterocycles. The van der Waals surface area contributed by atoms with Crippen LogP contribution in [0.4, 0.5) is 0 Å². The minimum atomic E-state index is -1.10. The number of likely N-dealkylation sites (N-methyl/N-ethyl adjacent to an activating group) is 2. The molecule has 14 nitrogen and oxygen atoms in total. The molecule has 3 aliphatic heterocycles. The number of aliphatic hydroxyl groups is 1. The van der Waals surface area contributed by atoms with E-state index in [2.05, 4.69) is 9.47 Å². The lowest BCUT2D eigenvalue weighted by Crippen LogP contribution is -2.52. The van der Waals surface area contributed by atoms with Gasteiger partial charge in [0.25, 0.3) is 0 Å². The van der Waals surface area contributed by atoms with Crippen LogP contribution in [0.2, 0.25) is 10.0 Å². The van der Waals surface area contributed by atoms with Gasteiger partial charge in [-0.05, 0) is 99.4 Å². The van der Waals surface area contributed by atoms with E-state index in [-0.39, 0.29) is 50.9 Å². The fourth-order valence-corrected chi connectivity index (χ4v) is 10.1. The van der Waals surface area contributed by atoms with Gasteiger partial charge in [-0.15, -0.1) is 12.4 Å². The Morgan fingerprint density at radius 2 is 1.54 bits per heavy atom. The summed E-state index contributed by atoms with van der Waals surface area (Å²) in [5, 5.41) is 11.6. The van der Waals surface area contributed by atoms with Gasteiger partial charge in [0, 0.05) is 73.2 Å². The minimum Gasteiger partial charge on any atom is -0.493 e. The van der Waals surface area contributed by atoms with Crippen molar-refractivity contribution in [3.8, 4) is 34.3 Å². The number of methoxy groups -OCH3 is 1. The Labute approximate surface area is 425 Å². The average Bonchev–Trinajstić information content (AvgIpc) is 4.12. The van der Waals surface area contributed by atoms with Gasteiger partial charge in [0.05, 0.1) is 69.2 Å². The van der Waals surface area contributed by atoms with Crippen molar-refractivity contribution in [3.05, 3.63) is 124 Å². The second kappa shape index (κ2) is 23.1. The predicted octanol–water partition coefficient (Wildman–Crippen LogP) is 8.22. The smallest absolute Gasteiger partial charge is 0.228 e. The van der Waals surface area contributed by atoms with Crippen molar-refractivity contribution in [3.63, 3.8) is 0 Å². The third-order valence-electron chi connectivity index (χ3n) is 14.0. The Morgan fingerprint density at radius 3 is 2.24 bits per heavy atom. The molecule has 1 N–H and O–H groups in total. The van der Waals surface area contributed by atoms with Crippen molar-refractivity contribution in [1.82, 2.24) is 29.2 Å². The first-order valence-electron chi connectivity index (χ1n) is 23.5. The molecule has 0 spiro atoms. The Bertz CT molecular complexity index is 2660. The number of rotatable bonds is 12. The van der Waals surface area contributed by atoms with E-state index in [4.69, 9.17) is 42.4 Å². The zero-order valence-corrected chi connectivity index (χ0v) is 42.5. The summed E-state index contributed by atoms with van der Waals surface area (Å²) in [6.07, 6.45) is 4.05. The lowest BCUT2D eigenvalue weighted by Gasteiger charge is -2.37. The summed E-state index contributed by atoms with van der Waals surface area (Å²) >= 11 is 12.8. The van der Waals surface area contributed by atoms with E-state index in [0.717, 1.165) is 47.8 Å². The molecule has 8 rings (SSSR count). The number of aromatic nitrogens is 2. The van der Waals surface area contributed by atoms with Crippen LogP contribution in [0.3, 0.4) is 0 Å². The van der Waals surface area contributed by atoms with E-state index in [1.165, 1.54) is 22.6 Å². The third kappa shape index (κ3) is 11.6. The summed E-state index contributed by atoms with van der Waals surface area (Å²) in [7, 11) is 6.87. The summed E-state index contributed by atoms with van der Waals surface area (Å²) in [6.45, 7) is 4.08. The number of carbonyl (C=O) groups excluding carboxylic acids is 4. The Morgan fingerprint density at radius 1 is 0.829 bits per heavy atom. The number of benzene rings is 4. The summed E-state index contributed by atoms with van der Waals surface area (Å²) in [6, 6.07) is 23.8. The Hall–Kier alpha value is -5.64. The molecule has 2 saturated heterocycles. The van der Waals surface area contributed by atoms with Crippen LogP contribution in [0.15, 0.2) is 91.1 Å². The first kappa shape index (κ1) is 52.2. The zero-order valence-electron chi connectivity index (χ0n) is 40.2. The third-order valence-corrected chi connectivity index (χ3v) is 14.5. The number of nitrogens with zero attached hydrogens (tertiary/aromatic N) is 6. The highest BCUT2D eigenvalue weighted by Crippen LogP contribution is 2.46. The van der Waals surface area contributed by atoms with Gasteiger partial charge in [-0.25, -0.2) is 4.98 Å². The highest BCUT2D eigenvalue weighted by Gasteiger charge is 2.43. The number of likely N-dealkylation sites (tertiary alicyclic amines) is 1. The van der Waals surface area contributed by atoms with Crippen LogP contribution in [0.25, 0.3) is 11.3 Å². The second-order valence-corrected chi connectivity index (χ2v) is 19.4. The molecule has 2 fully saturated rings. The number of amides is 3. The number of carbonyl (C=O) groups is 4. The van der Waals surface area contributed by atoms with E-state index in [1.807, 2.05) is 61.8 Å². The maximum Gasteiger partial charge on any atom is 0.228 e. The molecule has 372 valence electrons. The standard InChI is InChI=1S/C53H60Cl2N6O8.ClH/c1-33-46(63)24-37(31-62)52(65)58(3)40(23-34-11-16-38(54)17-12-34)29-57(2)53(66)43(44-32-68-51-42(44)9-8-10-47(51)67-5)26-50(64)61(33)28-36-13-18-39(55)25-48(36)69-41-19-14-35(15-20-41)45-27-56-49(59(45)4)30-60-21-6-7-22-60;/h8-20,25,27,33,37,40,43-44,62H,6-7,21-24,26,28-32H2,1-5H3;1H/t33-,37-,40+,43-,44-;/m0./s1. The SMILES string of the molecule is COc1cccc2c1OC[C@@H]2[C@@H]1CC(=O)N(Cc2ccc(Cl)cc2Oc2ccc(-c3cnc(CN4CCCC4)n3C)cc2)[C@@H](C)C(=O)C[C@@H](CO)C(=O)N(C)[C@H](Cc2ccc(Cl)cc2)CN(C)C1=O.Cl. The molecule has 3 aliphatic rings. The molecule has 0 saturated carbocycles. The van der Waals surface area contributed by atoms with Gasteiger partial charge in [0.2, 0.25) is 17.7 Å². The quantitative estimate of drug-likeness (QED) is 0.130. The molecule has 3 amide bonds. The van der Waals surface area contributed by atoms with Crippen molar-refractivity contribution in [2.24, 2.45) is 18.9 Å². The van der Waals surface area contributed by atoms with Gasteiger partial charge in [0.15, 0.2) is 17.3 Å². The number of aliphatic hydroxyl groups excluding tert-OH is 1. The average molecular weight is 1020 g/mol. The molecule has 4 aromatic carbocycles. The molecule has 0 bridgehead atoms.